The van der Waals surface area contributed by atoms with Gasteiger partial charge in [-0.25, -0.2) is 4.90 Å². The monoisotopic (exact) mass is 372 g/mol. The average molecular weight is 372 g/mol. The van der Waals surface area contributed by atoms with E-state index in [9.17, 15) is 9.59 Å². The Morgan fingerprint density at radius 1 is 0.821 bits per heavy atom. The number of carbonyl (C=O) groups is 2. The van der Waals surface area contributed by atoms with Gasteiger partial charge in [-0.2, -0.15) is 0 Å². The molecule has 0 aromatic heterocycles. The zero-order valence-electron chi connectivity index (χ0n) is 15.6. The lowest BCUT2D eigenvalue weighted by Gasteiger charge is -2.32. The van der Waals surface area contributed by atoms with Gasteiger partial charge in [0, 0.05) is 40.7 Å². The van der Waals surface area contributed by atoms with Gasteiger partial charge in [0.05, 0.1) is 18.9 Å². The number of amides is 2. The molecule has 0 bridgehead atoms. The smallest absolute Gasteiger partial charge is 0.265 e. The molecule has 2 amide bonds. The summed E-state index contributed by atoms with van der Waals surface area (Å²) in [4.78, 5) is 30.1. The van der Waals surface area contributed by atoms with Gasteiger partial charge in [0.25, 0.3) is 11.8 Å². The topological polar surface area (TPSA) is 49.9 Å². The third kappa shape index (κ3) is 2.51. The maximum absolute atomic E-state index is 13.3. The molecule has 28 heavy (non-hydrogen) atoms. The van der Waals surface area contributed by atoms with Crippen molar-refractivity contribution in [3.63, 3.8) is 0 Å². The summed E-state index contributed by atoms with van der Waals surface area (Å²) in [7, 11) is 0. The van der Waals surface area contributed by atoms with Crippen LogP contribution in [0, 0.1) is 6.92 Å². The van der Waals surface area contributed by atoms with Crippen molar-refractivity contribution in [2.75, 3.05) is 36.1 Å². The number of rotatable bonds is 2. The maximum Gasteiger partial charge on any atom is 0.265 e. The first kappa shape index (κ1) is 17.0. The standard InChI is InChI=1S/C23H20N2O3/c1-15-5-7-16(8-6-15)25-22(26)18-4-2-3-17-20(24-11-13-28-14-12-24)10-9-19(21(17)18)23(25)27/h2-10H,11-14H2,1H3. The first-order valence-electron chi connectivity index (χ1n) is 9.49. The van der Waals surface area contributed by atoms with E-state index in [-0.39, 0.29) is 11.8 Å². The molecule has 5 rings (SSSR count). The number of hydrogen-bond donors (Lipinski definition) is 0. The summed E-state index contributed by atoms with van der Waals surface area (Å²) in [6.07, 6.45) is 0. The maximum atomic E-state index is 13.3. The van der Waals surface area contributed by atoms with Crippen LogP contribution in [0.1, 0.15) is 26.3 Å². The lowest BCUT2D eigenvalue weighted by Crippen LogP contribution is -2.41. The highest BCUT2D eigenvalue weighted by molar-refractivity contribution is 6.36. The highest BCUT2D eigenvalue weighted by Crippen LogP contribution is 2.37. The second-order valence-corrected chi connectivity index (χ2v) is 7.24. The Balaban J connectivity index is 1.68. The molecule has 2 heterocycles. The number of nitrogens with zero attached hydrogens (tertiary/aromatic N) is 2. The Bertz CT molecular complexity index is 1080. The lowest BCUT2D eigenvalue weighted by molar-refractivity contribution is 0.0893. The molecule has 3 aromatic rings. The molecular formula is C23H20N2O3. The van der Waals surface area contributed by atoms with Crippen molar-refractivity contribution in [2.45, 2.75) is 6.92 Å². The molecule has 0 atom stereocenters. The van der Waals surface area contributed by atoms with Gasteiger partial charge in [0.15, 0.2) is 0 Å². The zero-order chi connectivity index (χ0) is 19.3. The normalized spacial score (nSPS) is 16.8. The highest BCUT2D eigenvalue weighted by atomic mass is 16.5. The van der Waals surface area contributed by atoms with Crippen LogP contribution in [0.25, 0.3) is 10.8 Å². The van der Waals surface area contributed by atoms with Crippen molar-refractivity contribution in [1.29, 1.82) is 0 Å². The van der Waals surface area contributed by atoms with E-state index in [0.29, 0.717) is 30.0 Å². The van der Waals surface area contributed by atoms with Crippen molar-refractivity contribution < 1.29 is 14.3 Å². The summed E-state index contributed by atoms with van der Waals surface area (Å²) in [6, 6.07) is 17.0. The van der Waals surface area contributed by atoms with Gasteiger partial charge in [-0.15, -0.1) is 0 Å². The number of ether oxygens (including phenoxy) is 1. The molecule has 5 heteroatoms. The number of carbonyl (C=O) groups excluding carboxylic acids is 2. The third-order valence-electron chi connectivity index (χ3n) is 5.53. The second kappa shape index (κ2) is 6.46. The number of hydrogen-bond acceptors (Lipinski definition) is 4. The molecule has 0 unspecified atom stereocenters. The van der Waals surface area contributed by atoms with Crippen molar-refractivity contribution in [2.24, 2.45) is 0 Å². The zero-order valence-corrected chi connectivity index (χ0v) is 15.6. The molecule has 0 radical (unpaired) electrons. The lowest BCUT2D eigenvalue weighted by atomic mass is 9.92. The number of aryl methyl sites for hydroxylation is 1. The van der Waals surface area contributed by atoms with E-state index >= 15 is 0 Å². The van der Waals surface area contributed by atoms with Crippen LogP contribution in [0.2, 0.25) is 0 Å². The SMILES string of the molecule is Cc1ccc(N2C(=O)c3cccc4c(N5CCOCC5)ccc(c34)C2=O)cc1. The van der Waals surface area contributed by atoms with Crippen molar-refractivity contribution in [3.05, 3.63) is 71.3 Å². The number of anilines is 2. The Morgan fingerprint density at radius 2 is 1.50 bits per heavy atom. The Kier molecular flexibility index (Phi) is 3.91. The summed E-state index contributed by atoms with van der Waals surface area (Å²) in [5.74, 6) is -0.544. The quantitative estimate of drug-likeness (QED) is 0.643. The van der Waals surface area contributed by atoms with Crippen LogP contribution in [0.3, 0.4) is 0 Å². The average Bonchev–Trinajstić information content (AvgIpc) is 2.73. The predicted molar refractivity (Wildman–Crippen MR) is 109 cm³/mol. The molecule has 1 fully saturated rings. The van der Waals surface area contributed by atoms with Gasteiger partial charge >= 0.3 is 0 Å². The third-order valence-corrected chi connectivity index (χ3v) is 5.53. The molecule has 0 spiro atoms. The van der Waals surface area contributed by atoms with Crippen molar-refractivity contribution in [3.8, 4) is 0 Å². The van der Waals surface area contributed by atoms with E-state index in [4.69, 9.17) is 4.74 Å². The summed E-state index contributed by atoms with van der Waals surface area (Å²) >= 11 is 0. The number of imide groups is 1. The minimum absolute atomic E-state index is 0.272. The van der Waals surface area contributed by atoms with E-state index in [1.807, 2.05) is 61.5 Å². The van der Waals surface area contributed by atoms with E-state index in [0.717, 1.165) is 35.1 Å². The van der Waals surface area contributed by atoms with E-state index in [2.05, 4.69) is 4.90 Å². The fraction of sp³-hybridized carbons (Fsp3) is 0.217. The summed E-state index contributed by atoms with van der Waals surface area (Å²) in [5, 5.41) is 1.70. The highest BCUT2D eigenvalue weighted by Gasteiger charge is 2.34. The Labute approximate surface area is 163 Å². The van der Waals surface area contributed by atoms with Crippen molar-refractivity contribution >= 4 is 34.0 Å². The van der Waals surface area contributed by atoms with Gasteiger partial charge in [0.1, 0.15) is 0 Å². The van der Waals surface area contributed by atoms with Crippen molar-refractivity contribution in [1.82, 2.24) is 0 Å². The summed E-state index contributed by atoms with van der Waals surface area (Å²) < 4.78 is 5.46. The van der Waals surface area contributed by atoms with Gasteiger partial charge < -0.3 is 9.64 Å². The molecule has 140 valence electrons. The Hall–Kier alpha value is -3.18. The molecular weight excluding hydrogens is 352 g/mol. The molecule has 2 aliphatic heterocycles. The Morgan fingerprint density at radius 3 is 2.21 bits per heavy atom. The van der Waals surface area contributed by atoms with E-state index < -0.39 is 0 Å². The predicted octanol–water partition coefficient (Wildman–Crippen LogP) is 3.79. The molecule has 5 nitrogen and oxygen atoms in total. The molecule has 3 aromatic carbocycles. The van der Waals surface area contributed by atoms with Crippen LogP contribution >= 0.6 is 0 Å². The number of benzene rings is 3. The van der Waals surface area contributed by atoms with E-state index in [1.54, 1.807) is 0 Å². The minimum Gasteiger partial charge on any atom is -0.378 e. The van der Waals surface area contributed by atoms with Gasteiger partial charge in [-0.1, -0.05) is 29.8 Å². The number of morpholine rings is 1. The van der Waals surface area contributed by atoms with Gasteiger partial charge in [-0.05, 0) is 37.3 Å². The van der Waals surface area contributed by atoms with E-state index in [1.165, 1.54) is 4.90 Å². The second-order valence-electron chi connectivity index (χ2n) is 7.24. The van der Waals surface area contributed by atoms with Gasteiger partial charge in [-0.3, -0.25) is 9.59 Å². The van der Waals surface area contributed by atoms with Crippen LogP contribution in [-0.2, 0) is 4.74 Å². The fourth-order valence-corrected chi connectivity index (χ4v) is 4.09. The van der Waals surface area contributed by atoms with Crippen LogP contribution in [-0.4, -0.2) is 38.1 Å². The van der Waals surface area contributed by atoms with Crippen LogP contribution in [0.5, 0.6) is 0 Å². The van der Waals surface area contributed by atoms with Gasteiger partial charge in [0.2, 0.25) is 0 Å². The first-order valence-corrected chi connectivity index (χ1v) is 9.49. The van der Waals surface area contributed by atoms with Crippen LogP contribution < -0.4 is 9.80 Å². The summed E-state index contributed by atoms with van der Waals surface area (Å²) in [5.41, 5.74) is 3.87. The molecule has 1 saturated heterocycles. The molecule has 0 saturated carbocycles. The molecule has 0 aliphatic carbocycles. The van der Waals surface area contributed by atoms with Crippen LogP contribution in [0.15, 0.2) is 54.6 Å². The largest absolute Gasteiger partial charge is 0.378 e. The molecule has 0 N–H and O–H groups in total. The molecule has 2 aliphatic rings. The first-order chi connectivity index (χ1) is 13.6. The minimum atomic E-state index is -0.272. The summed E-state index contributed by atoms with van der Waals surface area (Å²) in [6.45, 7) is 4.95. The fourth-order valence-electron chi connectivity index (χ4n) is 4.09. The van der Waals surface area contributed by atoms with Crippen LogP contribution in [0.4, 0.5) is 11.4 Å².